The van der Waals surface area contributed by atoms with Gasteiger partial charge in [0.05, 0.1) is 13.7 Å². The van der Waals surface area contributed by atoms with Gasteiger partial charge in [-0.2, -0.15) is 0 Å². The van der Waals surface area contributed by atoms with Crippen molar-refractivity contribution in [3.05, 3.63) is 52.8 Å². The molecule has 5 heteroatoms. The van der Waals surface area contributed by atoms with Crippen LogP contribution in [0, 0.1) is 0 Å². The number of nitrogens with one attached hydrogen (secondary N) is 2. The number of carbonyl (C=O) groups is 1. The van der Waals surface area contributed by atoms with Crippen LogP contribution in [-0.2, 0) is 11.3 Å². The van der Waals surface area contributed by atoms with Gasteiger partial charge in [0.2, 0.25) is 0 Å². The van der Waals surface area contributed by atoms with Crippen LogP contribution in [-0.4, -0.2) is 18.1 Å². The van der Waals surface area contributed by atoms with Gasteiger partial charge in [-0.05, 0) is 36.4 Å². The minimum absolute atomic E-state index is 0.368. The lowest BCUT2D eigenvalue weighted by Crippen LogP contribution is -2.03. The minimum atomic E-state index is -0.368. The standard InChI is InChI=1S/C13H13ClN2O2/c1-18-13(17)12-7-6-11(16-12)8-15-10-4-2-9(14)3-5-10/h2-7,15-16H,8H2,1H3. The number of ether oxygens (including phenoxy) is 1. The fourth-order valence-corrected chi connectivity index (χ4v) is 1.66. The highest BCUT2D eigenvalue weighted by Gasteiger charge is 2.07. The predicted octanol–water partition coefficient (Wildman–Crippen LogP) is 3.07. The van der Waals surface area contributed by atoms with Gasteiger partial charge < -0.3 is 15.0 Å². The van der Waals surface area contributed by atoms with Crippen LogP contribution in [0.25, 0.3) is 0 Å². The molecule has 4 nitrogen and oxygen atoms in total. The Morgan fingerprint density at radius 3 is 2.67 bits per heavy atom. The van der Waals surface area contributed by atoms with E-state index in [1.54, 1.807) is 6.07 Å². The van der Waals surface area contributed by atoms with Gasteiger partial charge in [-0.3, -0.25) is 0 Å². The minimum Gasteiger partial charge on any atom is -0.464 e. The third-order valence-corrected chi connectivity index (χ3v) is 2.73. The number of anilines is 1. The van der Waals surface area contributed by atoms with Crippen molar-refractivity contribution in [3.63, 3.8) is 0 Å². The summed E-state index contributed by atoms with van der Waals surface area (Å²) in [5.74, 6) is -0.368. The van der Waals surface area contributed by atoms with Crippen LogP contribution in [0.2, 0.25) is 5.02 Å². The van der Waals surface area contributed by atoms with Crippen molar-refractivity contribution in [2.45, 2.75) is 6.54 Å². The molecule has 0 amide bonds. The summed E-state index contributed by atoms with van der Waals surface area (Å²) >= 11 is 5.80. The van der Waals surface area contributed by atoms with Crippen LogP contribution in [0.1, 0.15) is 16.2 Å². The van der Waals surface area contributed by atoms with Crippen LogP contribution in [0.5, 0.6) is 0 Å². The number of benzene rings is 1. The summed E-state index contributed by atoms with van der Waals surface area (Å²) in [6, 6.07) is 11.0. The smallest absolute Gasteiger partial charge is 0.354 e. The van der Waals surface area contributed by atoms with Crippen molar-refractivity contribution in [2.24, 2.45) is 0 Å². The zero-order valence-electron chi connectivity index (χ0n) is 9.87. The molecule has 1 aromatic heterocycles. The Hall–Kier alpha value is -1.94. The highest BCUT2D eigenvalue weighted by atomic mass is 35.5. The molecule has 18 heavy (non-hydrogen) atoms. The molecule has 0 saturated heterocycles. The number of hydrogen-bond donors (Lipinski definition) is 2. The SMILES string of the molecule is COC(=O)c1ccc(CNc2ccc(Cl)cc2)[nH]1. The molecular weight excluding hydrogens is 252 g/mol. The van der Waals surface area contributed by atoms with E-state index >= 15 is 0 Å². The average molecular weight is 265 g/mol. The van der Waals surface area contributed by atoms with Crippen LogP contribution < -0.4 is 5.32 Å². The van der Waals surface area contributed by atoms with Crippen molar-refractivity contribution < 1.29 is 9.53 Å². The molecule has 0 aliphatic rings. The lowest BCUT2D eigenvalue weighted by atomic mass is 10.3. The second-order valence-corrected chi connectivity index (χ2v) is 4.19. The quantitative estimate of drug-likeness (QED) is 0.835. The van der Waals surface area contributed by atoms with E-state index in [2.05, 4.69) is 15.0 Å². The van der Waals surface area contributed by atoms with Crippen molar-refractivity contribution >= 4 is 23.3 Å². The van der Waals surface area contributed by atoms with Crippen molar-refractivity contribution in [2.75, 3.05) is 12.4 Å². The summed E-state index contributed by atoms with van der Waals surface area (Å²) in [6.07, 6.45) is 0. The Morgan fingerprint density at radius 2 is 2.00 bits per heavy atom. The first-order valence-corrected chi connectivity index (χ1v) is 5.82. The number of rotatable bonds is 4. The first-order chi connectivity index (χ1) is 8.69. The van der Waals surface area contributed by atoms with E-state index in [0.717, 1.165) is 11.4 Å². The molecule has 0 unspecified atom stereocenters. The number of aromatic amines is 1. The third kappa shape index (κ3) is 3.05. The second kappa shape index (κ2) is 5.60. The molecule has 0 bridgehead atoms. The molecule has 1 aromatic carbocycles. The van der Waals surface area contributed by atoms with Gasteiger partial charge in [-0.25, -0.2) is 4.79 Å². The number of carbonyl (C=O) groups excluding carboxylic acids is 1. The molecule has 1 heterocycles. The largest absolute Gasteiger partial charge is 0.464 e. The van der Waals surface area contributed by atoms with E-state index in [-0.39, 0.29) is 5.97 Å². The molecule has 0 saturated carbocycles. The highest BCUT2D eigenvalue weighted by Crippen LogP contribution is 2.14. The Labute approximate surface area is 110 Å². The van der Waals surface area contributed by atoms with E-state index in [1.165, 1.54) is 7.11 Å². The number of H-pyrrole nitrogens is 1. The van der Waals surface area contributed by atoms with E-state index in [4.69, 9.17) is 11.6 Å². The summed E-state index contributed by atoms with van der Waals surface area (Å²) in [6.45, 7) is 0.596. The Bertz CT molecular complexity index is 534. The monoisotopic (exact) mass is 264 g/mol. The number of methoxy groups -OCH3 is 1. The molecule has 0 atom stereocenters. The highest BCUT2D eigenvalue weighted by molar-refractivity contribution is 6.30. The Balaban J connectivity index is 1.96. The van der Waals surface area contributed by atoms with E-state index in [0.29, 0.717) is 17.3 Å². The van der Waals surface area contributed by atoms with Crippen molar-refractivity contribution in [1.82, 2.24) is 4.98 Å². The third-order valence-electron chi connectivity index (χ3n) is 2.48. The summed E-state index contributed by atoms with van der Waals surface area (Å²) in [5, 5.41) is 3.92. The van der Waals surface area contributed by atoms with E-state index in [1.807, 2.05) is 30.3 Å². The number of aromatic nitrogens is 1. The second-order valence-electron chi connectivity index (χ2n) is 3.75. The number of halogens is 1. The average Bonchev–Trinajstić information content (AvgIpc) is 2.86. The fourth-order valence-electron chi connectivity index (χ4n) is 1.54. The van der Waals surface area contributed by atoms with E-state index in [9.17, 15) is 4.79 Å². The maximum absolute atomic E-state index is 11.2. The first kappa shape index (κ1) is 12.5. The topological polar surface area (TPSA) is 54.1 Å². The van der Waals surface area contributed by atoms with Gasteiger partial charge in [0.1, 0.15) is 5.69 Å². The first-order valence-electron chi connectivity index (χ1n) is 5.44. The Morgan fingerprint density at radius 1 is 1.28 bits per heavy atom. The zero-order chi connectivity index (χ0) is 13.0. The number of esters is 1. The molecule has 0 radical (unpaired) electrons. The van der Waals surface area contributed by atoms with Crippen molar-refractivity contribution in [3.8, 4) is 0 Å². The van der Waals surface area contributed by atoms with Crippen LogP contribution in [0.3, 0.4) is 0 Å². The summed E-state index contributed by atoms with van der Waals surface area (Å²) < 4.78 is 4.62. The lowest BCUT2D eigenvalue weighted by Gasteiger charge is -2.04. The summed E-state index contributed by atoms with van der Waals surface area (Å²) in [5.41, 5.74) is 2.32. The maximum Gasteiger partial charge on any atom is 0.354 e. The Kier molecular flexibility index (Phi) is 3.89. The molecular formula is C13H13ClN2O2. The van der Waals surface area contributed by atoms with Gasteiger partial charge in [0.15, 0.2) is 0 Å². The molecule has 0 fully saturated rings. The molecule has 0 aliphatic carbocycles. The molecule has 2 aromatic rings. The fraction of sp³-hybridized carbons (Fsp3) is 0.154. The lowest BCUT2D eigenvalue weighted by molar-refractivity contribution is 0.0594. The van der Waals surface area contributed by atoms with Gasteiger partial charge in [-0.1, -0.05) is 11.6 Å². The predicted molar refractivity (Wildman–Crippen MR) is 70.9 cm³/mol. The number of hydrogen-bond acceptors (Lipinski definition) is 3. The molecule has 0 spiro atoms. The van der Waals surface area contributed by atoms with E-state index < -0.39 is 0 Å². The molecule has 2 rings (SSSR count). The summed E-state index contributed by atoms with van der Waals surface area (Å²) in [4.78, 5) is 14.2. The van der Waals surface area contributed by atoms with Gasteiger partial charge in [0.25, 0.3) is 0 Å². The van der Waals surface area contributed by atoms with Crippen LogP contribution in [0.15, 0.2) is 36.4 Å². The zero-order valence-corrected chi connectivity index (χ0v) is 10.6. The molecule has 0 aliphatic heterocycles. The maximum atomic E-state index is 11.2. The summed E-state index contributed by atoms with van der Waals surface area (Å²) in [7, 11) is 1.36. The van der Waals surface area contributed by atoms with Crippen LogP contribution >= 0.6 is 11.6 Å². The molecule has 2 N–H and O–H groups in total. The van der Waals surface area contributed by atoms with Crippen molar-refractivity contribution in [1.29, 1.82) is 0 Å². The van der Waals surface area contributed by atoms with Crippen LogP contribution in [0.4, 0.5) is 5.69 Å². The van der Waals surface area contributed by atoms with Gasteiger partial charge in [0, 0.05) is 16.4 Å². The normalized spacial score (nSPS) is 10.1. The van der Waals surface area contributed by atoms with Gasteiger partial charge in [-0.15, -0.1) is 0 Å². The van der Waals surface area contributed by atoms with Gasteiger partial charge >= 0.3 is 5.97 Å². The molecule has 94 valence electrons.